The van der Waals surface area contributed by atoms with Crippen LogP contribution in [0.2, 0.25) is 0 Å². The van der Waals surface area contributed by atoms with Crippen LogP contribution in [-0.4, -0.2) is 42.0 Å². The van der Waals surface area contributed by atoms with Gasteiger partial charge in [0.1, 0.15) is 0 Å². The van der Waals surface area contributed by atoms with Crippen molar-refractivity contribution < 1.29 is 4.79 Å². The van der Waals surface area contributed by atoms with E-state index in [4.69, 9.17) is 0 Å². The Morgan fingerprint density at radius 1 is 1.24 bits per heavy atom. The summed E-state index contributed by atoms with van der Waals surface area (Å²) < 4.78 is 0. The van der Waals surface area contributed by atoms with Crippen molar-refractivity contribution in [1.82, 2.24) is 15.2 Å². The number of aromatic nitrogens is 1. The Bertz CT molecular complexity index is 700. The highest BCUT2D eigenvalue weighted by Crippen LogP contribution is 2.29. The maximum atomic E-state index is 12.9. The lowest BCUT2D eigenvalue weighted by molar-refractivity contribution is 0.0783. The quantitative estimate of drug-likeness (QED) is 0.867. The van der Waals surface area contributed by atoms with Crippen LogP contribution >= 0.6 is 0 Å². The van der Waals surface area contributed by atoms with E-state index in [0.717, 1.165) is 48.3 Å². The van der Waals surface area contributed by atoms with Gasteiger partial charge in [-0.05, 0) is 30.9 Å². The number of hydrogen-bond acceptors (Lipinski definition) is 3. The monoisotopic (exact) mass is 281 g/mol. The molecule has 2 saturated heterocycles. The number of carbonyl (C=O) groups excluding carboxylic acids is 1. The van der Waals surface area contributed by atoms with Gasteiger partial charge in [-0.3, -0.25) is 9.78 Å². The van der Waals surface area contributed by atoms with E-state index in [1.54, 1.807) is 0 Å². The molecule has 4 rings (SSSR count). The van der Waals surface area contributed by atoms with Gasteiger partial charge in [-0.15, -0.1) is 0 Å². The maximum absolute atomic E-state index is 12.9. The van der Waals surface area contributed by atoms with Crippen molar-refractivity contribution in [3.8, 4) is 0 Å². The van der Waals surface area contributed by atoms with Gasteiger partial charge in [-0.2, -0.15) is 0 Å². The summed E-state index contributed by atoms with van der Waals surface area (Å²) in [6.45, 7) is 5.80. The zero-order valence-electron chi connectivity index (χ0n) is 12.2. The van der Waals surface area contributed by atoms with Crippen LogP contribution in [0.15, 0.2) is 30.3 Å². The number of benzene rings is 1. The van der Waals surface area contributed by atoms with Crippen LogP contribution in [0.25, 0.3) is 10.9 Å². The molecule has 2 unspecified atom stereocenters. The lowest BCUT2D eigenvalue weighted by Gasteiger charge is -2.19. The predicted molar refractivity (Wildman–Crippen MR) is 82.2 cm³/mol. The third-order valence-corrected chi connectivity index (χ3v) is 4.75. The molecule has 3 heterocycles. The Balaban J connectivity index is 1.71. The molecule has 108 valence electrons. The van der Waals surface area contributed by atoms with Crippen molar-refractivity contribution in [3.63, 3.8) is 0 Å². The number of aryl methyl sites for hydroxylation is 1. The highest BCUT2D eigenvalue weighted by atomic mass is 16.2. The molecular weight excluding hydrogens is 262 g/mol. The van der Waals surface area contributed by atoms with Gasteiger partial charge in [0.15, 0.2) is 0 Å². The molecule has 0 aliphatic carbocycles. The van der Waals surface area contributed by atoms with Gasteiger partial charge in [0.25, 0.3) is 5.91 Å². The lowest BCUT2D eigenvalue weighted by atomic mass is 10.0. The SMILES string of the molecule is Cc1cc(C(=O)N2CC3CNCC3C2)c2ccccc2n1. The van der Waals surface area contributed by atoms with E-state index in [-0.39, 0.29) is 5.91 Å². The average Bonchev–Trinajstić information content (AvgIpc) is 3.06. The molecule has 4 heteroatoms. The maximum Gasteiger partial charge on any atom is 0.254 e. The van der Waals surface area contributed by atoms with Crippen molar-refractivity contribution in [3.05, 3.63) is 41.6 Å². The molecular formula is C17H19N3O. The fourth-order valence-electron chi connectivity index (χ4n) is 3.68. The number of rotatable bonds is 1. The average molecular weight is 281 g/mol. The van der Waals surface area contributed by atoms with Crippen molar-refractivity contribution in [2.24, 2.45) is 11.8 Å². The molecule has 2 fully saturated rings. The second kappa shape index (κ2) is 4.81. The third-order valence-electron chi connectivity index (χ3n) is 4.75. The van der Waals surface area contributed by atoms with E-state index in [2.05, 4.69) is 10.3 Å². The third kappa shape index (κ3) is 2.10. The van der Waals surface area contributed by atoms with Gasteiger partial charge >= 0.3 is 0 Å². The minimum absolute atomic E-state index is 0.158. The molecule has 1 amide bonds. The van der Waals surface area contributed by atoms with E-state index >= 15 is 0 Å². The van der Waals surface area contributed by atoms with E-state index in [9.17, 15) is 4.79 Å². The van der Waals surface area contributed by atoms with Crippen molar-refractivity contribution in [2.75, 3.05) is 26.2 Å². The van der Waals surface area contributed by atoms with Gasteiger partial charge in [0.2, 0.25) is 0 Å². The fourth-order valence-corrected chi connectivity index (χ4v) is 3.68. The molecule has 2 aliphatic rings. The Morgan fingerprint density at radius 3 is 2.71 bits per heavy atom. The van der Waals surface area contributed by atoms with Gasteiger partial charge in [0.05, 0.1) is 11.1 Å². The largest absolute Gasteiger partial charge is 0.338 e. The Morgan fingerprint density at radius 2 is 1.95 bits per heavy atom. The van der Waals surface area contributed by atoms with Crippen LogP contribution in [0.4, 0.5) is 0 Å². The molecule has 1 aromatic heterocycles. The summed E-state index contributed by atoms with van der Waals surface area (Å²) >= 11 is 0. The topological polar surface area (TPSA) is 45.2 Å². The number of para-hydroxylation sites is 1. The number of amides is 1. The summed E-state index contributed by atoms with van der Waals surface area (Å²) in [6, 6.07) is 9.83. The lowest BCUT2D eigenvalue weighted by Crippen LogP contribution is -2.32. The first-order valence-corrected chi connectivity index (χ1v) is 7.59. The minimum atomic E-state index is 0.158. The highest BCUT2D eigenvalue weighted by molar-refractivity contribution is 6.06. The molecule has 0 bridgehead atoms. The summed E-state index contributed by atoms with van der Waals surface area (Å²) in [5.41, 5.74) is 2.60. The van der Waals surface area contributed by atoms with Gasteiger partial charge in [0, 0.05) is 37.3 Å². The van der Waals surface area contributed by atoms with Crippen LogP contribution in [0.5, 0.6) is 0 Å². The van der Waals surface area contributed by atoms with E-state index in [0.29, 0.717) is 11.8 Å². The zero-order chi connectivity index (χ0) is 14.4. The van der Waals surface area contributed by atoms with Crippen molar-refractivity contribution >= 4 is 16.8 Å². The highest BCUT2D eigenvalue weighted by Gasteiger charge is 2.38. The molecule has 0 saturated carbocycles. The molecule has 0 spiro atoms. The van der Waals surface area contributed by atoms with Gasteiger partial charge in [-0.1, -0.05) is 18.2 Å². The summed E-state index contributed by atoms with van der Waals surface area (Å²) in [5, 5.41) is 4.38. The molecule has 4 nitrogen and oxygen atoms in total. The first-order chi connectivity index (χ1) is 10.2. The zero-order valence-corrected chi connectivity index (χ0v) is 12.2. The van der Waals surface area contributed by atoms with Crippen LogP contribution in [0.3, 0.4) is 0 Å². The van der Waals surface area contributed by atoms with Crippen LogP contribution < -0.4 is 5.32 Å². The molecule has 1 aromatic carbocycles. The Kier molecular flexibility index (Phi) is 2.93. The Labute approximate surface area is 124 Å². The second-order valence-electron chi connectivity index (χ2n) is 6.22. The number of nitrogens with one attached hydrogen (secondary N) is 1. The Hall–Kier alpha value is -1.94. The summed E-state index contributed by atoms with van der Waals surface area (Å²) in [7, 11) is 0. The smallest absolute Gasteiger partial charge is 0.254 e. The molecule has 0 radical (unpaired) electrons. The number of fused-ring (bicyclic) bond motifs is 2. The predicted octanol–water partition coefficient (Wildman–Crippen LogP) is 1.83. The molecule has 1 N–H and O–H groups in total. The molecule has 21 heavy (non-hydrogen) atoms. The van der Waals surface area contributed by atoms with Crippen LogP contribution in [-0.2, 0) is 0 Å². The van der Waals surface area contributed by atoms with E-state index in [1.807, 2.05) is 42.2 Å². The van der Waals surface area contributed by atoms with Crippen molar-refractivity contribution in [2.45, 2.75) is 6.92 Å². The molecule has 2 aliphatic heterocycles. The van der Waals surface area contributed by atoms with Crippen molar-refractivity contribution in [1.29, 1.82) is 0 Å². The number of nitrogens with zero attached hydrogens (tertiary/aromatic N) is 2. The van der Waals surface area contributed by atoms with Gasteiger partial charge < -0.3 is 10.2 Å². The fraction of sp³-hybridized carbons (Fsp3) is 0.412. The number of likely N-dealkylation sites (tertiary alicyclic amines) is 1. The second-order valence-corrected chi connectivity index (χ2v) is 6.22. The summed E-state index contributed by atoms with van der Waals surface area (Å²) in [4.78, 5) is 19.5. The van der Waals surface area contributed by atoms with Crippen LogP contribution in [0, 0.1) is 18.8 Å². The van der Waals surface area contributed by atoms with Gasteiger partial charge in [-0.25, -0.2) is 0 Å². The molecule has 2 atom stereocenters. The minimum Gasteiger partial charge on any atom is -0.338 e. The number of hydrogen-bond donors (Lipinski definition) is 1. The van der Waals surface area contributed by atoms with E-state index in [1.165, 1.54) is 0 Å². The van der Waals surface area contributed by atoms with E-state index < -0.39 is 0 Å². The number of pyridine rings is 1. The van der Waals surface area contributed by atoms with Crippen LogP contribution in [0.1, 0.15) is 16.1 Å². The first-order valence-electron chi connectivity index (χ1n) is 7.59. The standard InChI is InChI=1S/C17H19N3O/c1-11-6-15(14-4-2-3-5-16(14)19-11)17(21)20-9-12-7-18-8-13(12)10-20/h2-6,12-13,18H,7-10H2,1H3. The summed E-state index contributed by atoms with van der Waals surface area (Å²) in [5.74, 6) is 1.41. The normalized spacial score (nSPS) is 24.5. The molecule has 2 aromatic rings. The number of carbonyl (C=O) groups is 1. The first kappa shape index (κ1) is 12.8. The summed E-state index contributed by atoms with van der Waals surface area (Å²) in [6.07, 6.45) is 0.